The lowest BCUT2D eigenvalue weighted by Crippen LogP contribution is -2.48. The zero-order valence-electron chi connectivity index (χ0n) is 15.9. The van der Waals surface area contributed by atoms with Gasteiger partial charge >= 0.3 is 0 Å². The number of amides is 1. The number of benzene rings is 1. The minimum absolute atomic E-state index is 0.175. The molecule has 7 nitrogen and oxygen atoms in total. The van der Waals surface area contributed by atoms with Gasteiger partial charge in [0.05, 0.1) is 18.5 Å². The van der Waals surface area contributed by atoms with Gasteiger partial charge in [0, 0.05) is 48.7 Å². The molecule has 0 spiro atoms. The van der Waals surface area contributed by atoms with Crippen molar-refractivity contribution in [1.29, 1.82) is 0 Å². The van der Waals surface area contributed by atoms with Gasteiger partial charge in [-0.15, -0.1) is 0 Å². The number of hydrogen-bond acceptors (Lipinski definition) is 6. The first-order valence-electron chi connectivity index (χ1n) is 9.66. The highest BCUT2D eigenvalue weighted by Crippen LogP contribution is 2.21. The number of aromatic nitrogens is 3. The molecule has 1 aliphatic rings. The van der Waals surface area contributed by atoms with Crippen LogP contribution in [0.25, 0.3) is 22.4 Å². The van der Waals surface area contributed by atoms with E-state index in [0.29, 0.717) is 24.7 Å². The minimum atomic E-state index is 0.175. The van der Waals surface area contributed by atoms with E-state index in [4.69, 9.17) is 4.52 Å². The molecular formula is C21H21N5O2S. The van der Waals surface area contributed by atoms with Gasteiger partial charge in [-0.05, 0) is 23.1 Å². The second-order valence-corrected chi connectivity index (χ2v) is 8.00. The Labute approximate surface area is 171 Å². The van der Waals surface area contributed by atoms with Crippen molar-refractivity contribution in [2.24, 2.45) is 0 Å². The third-order valence-electron chi connectivity index (χ3n) is 5.34. The number of hydrogen-bond donors (Lipinski definition) is 1. The van der Waals surface area contributed by atoms with Crippen molar-refractivity contribution in [3.63, 3.8) is 0 Å². The predicted octanol–water partition coefficient (Wildman–Crippen LogP) is 3.17. The molecule has 1 fully saturated rings. The van der Waals surface area contributed by atoms with Crippen LogP contribution in [-0.2, 0) is 17.8 Å². The van der Waals surface area contributed by atoms with Crippen molar-refractivity contribution in [2.45, 2.75) is 13.0 Å². The van der Waals surface area contributed by atoms with Crippen LogP contribution in [0.15, 0.2) is 51.8 Å². The molecule has 0 bridgehead atoms. The van der Waals surface area contributed by atoms with Crippen molar-refractivity contribution in [1.82, 2.24) is 24.9 Å². The Hall–Kier alpha value is -2.97. The minimum Gasteiger partial charge on any atom is -0.361 e. The molecule has 4 heterocycles. The molecule has 0 saturated carbocycles. The summed E-state index contributed by atoms with van der Waals surface area (Å²) < 4.78 is 5.36. The smallest absolute Gasteiger partial charge is 0.258 e. The fraction of sp³-hybridized carbons (Fsp3) is 0.286. The van der Waals surface area contributed by atoms with Crippen LogP contribution in [0.4, 0.5) is 0 Å². The maximum absolute atomic E-state index is 12.8. The van der Waals surface area contributed by atoms with Gasteiger partial charge in [-0.1, -0.05) is 23.4 Å². The highest BCUT2D eigenvalue weighted by Gasteiger charge is 2.23. The fourth-order valence-corrected chi connectivity index (χ4v) is 4.36. The van der Waals surface area contributed by atoms with Crippen molar-refractivity contribution in [3.05, 3.63) is 58.7 Å². The fourth-order valence-electron chi connectivity index (χ4n) is 3.73. The first-order valence-corrected chi connectivity index (χ1v) is 10.6. The molecule has 0 atom stereocenters. The Morgan fingerprint density at radius 3 is 2.86 bits per heavy atom. The molecule has 1 aliphatic heterocycles. The zero-order valence-corrected chi connectivity index (χ0v) is 16.7. The van der Waals surface area contributed by atoms with Gasteiger partial charge in [0.25, 0.3) is 5.89 Å². The molecule has 1 saturated heterocycles. The number of fused-ring (bicyclic) bond motifs is 1. The lowest BCUT2D eigenvalue weighted by atomic mass is 10.1. The second kappa shape index (κ2) is 7.81. The van der Waals surface area contributed by atoms with E-state index in [0.717, 1.165) is 48.2 Å². The Morgan fingerprint density at radius 2 is 2.03 bits per heavy atom. The third kappa shape index (κ3) is 3.81. The van der Waals surface area contributed by atoms with E-state index in [9.17, 15) is 4.79 Å². The van der Waals surface area contributed by atoms with Gasteiger partial charge in [0.2, 0.25) is 5.91 Å². The Kier molecular flexibility index (Phi) is 4.87. The summed E-state index contributed by atoms with van der Waals surface area (Å²) in [5.74, 6) is 1.42. The standard InChI is InChI=1S/C21H21N5O2S/c27-20(11-16-12-22-18-4-2-1-3-17(16)18)26-8-6-25(7-9-26)13-19-23-21(28-24-19)15-5-10-29-14-15/h1-5,10,12,14,22H,6-9,11,13H2. The number of para-hydroxylation sites is 1. The monoisotopic (exact) mass is 407 g/mol. The van der Waals surface area contributed by atoms with Crippen LogP contribution in [0, 0.1) is 0 Å². The number of aromatic amines is 1. The summed E-state index contributed by atoms with van der Waals surface area (Å²) in [4.78, 5) is 24.7. The van der Waals surface area contributed by atoms with Crippen LogP contribution < -0.4 is 0 Å². The van der Waals surface area contributed by atoms with Crippen LogP contribution in [-0.4, -0.2) is 57.0 Å². The summed E-state index contributed by atoms with van der Waals surface area (Å²) >= 11 is 1.61. The van der Waals surface area contributed by atoms with E-state index in [2.05, 4.69) is 26.1 Å². The van der Waals surface area contributed by atoms with Crippen molar-refractivity contribution in [2.75, 3.05) is 26.2 Å². The van der Waals surface area contributed by atoms with E-state index in [1.165, 1.54) is 0 Å². The molecule has 148 valence electrons. The molecule has 1 amide bonds. The molecular weight excluding hydrogens is 386 g/mol. The number of carbonyl (C=O) groups excluding carboxylic acids is 1. The summed E-state index contributed by atoms with van der Waals surface area (Å²) in [7, 11) is 0. The lowest BCUT2D eigenvalue weighted by Gasteiger charge is -2.34. The van der Waals surface area contributed by atoms with E-state index < -0.39 is 0 Å². The van der Waals surface area contributed by atoms with Gasteiger partial charge in [0.1, 0.15) is 0 Å². The molecule has 0 aliphatic carbocycles. The van der Waals surface area contributed by atoms with Crippen molar-refractivity contribution >= 4 is 28.1 Å². The molecule has 3 aromatic heterocycles. The van der Waals surface area contributed by atoms with Gasteiger partial charge in [-0.25, -0.2) is 0 Å². The Bertz CT molecular complexity index is 1110. The van der Waals surface area contributed by atoms with Crippen LogP contribution >= 0.6 is 11.3 Å². The first-order chi connectivity index (χ1) is 14.3. The molecule has 4 aromatic rings. The first kappa shape index (κ1) is 18.1. The molecule has 0 unspecified atom stereocenters. The number of rotatable bonds is 5. The van der Waals surface area contributed by atoms with Crippen LogP contribution in [0.5, 0.6) is 0 Å². The van der Waals surface area contributed by atoms with Crippen LogP contribution in [0.2, 0.25) is 0 Å². The maximum atomic E-state index is 12.8. The van der Waals surface area contributed by atoms with Gasteiger partial charge in [0.15, 0.2) is 5.82 Å². The number of piperazine rings is 1. The van der Waals surface area contributed by atoms with Gasteiger partial charge in [-0.2, -0.15) is 16.3 Å². The van der Waals surface area contributed by atoms with Crippen LogP contribution in [0.1, 0.15) is 11.4 Å². The second-order valence-electron chi connectivity index (χ2n) is 7.22. The average molecular weight is 407 g/mol. The SMILES string of the molecule is O=C(Cc1c[nH]c2ccccc12)N1CCN(Cc2noc(-c3ccsc3)n2)CC1. The molecule has 5 rings (SSSR count). The highest BCUT2D eigenvalue weighted by atomic mass is 32.1. The summed E-state index contributed by atoms with van der Waals surface area (Å²) in [6, 6.07) is 10.1. The average Bonchev–Trinajstić information content (AvgIpc) is 3.50. The number of H-pyrrole nitrogens is 1. The normalized spacial score (nSPS) is 15.2. The van der Waals surface area contributed by atoms with E-state index in [1.54, 1.807) is 11.3 Å². The highest BCUT2D eigenvalue weighted by molar-refractivity contribution is 7.08. The number of nitrogens with one attached hydrogen (secondary N) is 1. The third-order valence-corrected chi connectivity index (χ3v) is 6.03. The quantitative estimate of drug-likeness (QED) is 0.550. The van der Waals surface area contributed by atoms with E-state index in [1.807, 2.05) is 46.1 Å². The van der Waals surface area contributed by atoms with Crippen molar-refractivity contribution < 1.29 is 9.32 Å². The summed E-state index contributed by atoms with van der Waals surface area (Å²) in [5.41, 5.74) is 3.09. The van der Waals surface area contributed by atoms with Crippen molar-refractivity contribution in [3.8, 4) is 11.5 Å². The zero-order chi connectivity index (χ0) is 19.6. The molecule has 1 N–H and O–H groups in total. The topological polar surface area (TPSA) is 78.3 Å². The summed E-state index contributed by atoms with van der Waals surface area (Å²) in [5, 5.41) is 9.20. The maximum Gasteiger partial charge on any atom is 0.258 e. The number of carbonyl (C=O) groups is 1. The number of nitrogens with zero attached hydrogens (tertiary/aromatic N) is 4. The predicted molar refractivity (Wildman–Crippen MR) is 111 cm³/mol. The summed E-state index contributed by atoms with van der Waals surface area (Å²) in [6.45, 7) is 3.69. The van der Waals surface area contributed by atoms with Gasteiger partial charge < -0.3 is 14.4 Å². The van der Waals surface area contributed by atoms with Crippen LogP contribution in [0.3, 0.4) is 0 Å². The Balaban J connectivity index is 1.16. The molecule has 8 heteroatoms. The summed E-state index contributed by atoms with van der Waals surface area (Å²) in [6.07, 6.45) is 2.37. The number of thiophene rings is 1. The van der Waals surface area contributed by atoms with Gasteiger partial charge in [-0.3, -0.25) is 9.69 Å². The Morgan fingerprint density at radius 1 is 1.17 bits per heavy atom. The molecule has 0 radical (unpaired) electrons. The lowest BCUT2D eigenvalue weighted by molar-refractivity contribution is -0.132. The molecule has 29 heavy (non-hydrogen) atoms. The largest absolute Gasteiger partial charge is 0.361 e. The van der Waals surface area contributed by atoms with E-state index >= 15 is 0 Å². The van der Waals surface area contributed by atoms with E-state index in [-0.39, 0.29) is 5.91 Å². The molecule has 1 aromatic carbocycles.